The van der Waals surface area contributed by atoms with E-state index < -0.39 is 0 Å². The lowest BCUT2D eigenvalue weighted by molar-refractivity contribution is 0.394. The maximum absolute atomic E-state index is 5.52. The molecule has 0 atom stereocenters. The van der Waals surface area contributed by atoms with Crippen LogP contribution in [0.3, 0.4) is 0 Å². The summed E-state index contributed by atoms with van der Waals surface area (Å²) in [7, 11) is 3.23. The second-order valence-electron chi connectivity index (χ2n) is 4.78. The zero-order valence-corrected chi connectivity index (χ0v) is 12.3. The fourth-order valence-corrected chi connectivity index (χ4v) is 1.76. The molecule has 5 heteroatoms. The molecule has 0 unspecified atom stereocenters. The number of oxazole rings is 1. The number of nitrogens with zero attached hydrogens (tertiary/aromatic N) is 1. The third kappa shape index (κ3) is 3.51. The van der Waals surface area contributed by atoms with Gasteiger partial charge in [-0.15, -0.1) is 0 Å². The van der Waals surface area contributed by atoms with Crippen LogP contribution in [-0.2, 0) is 6.54 Å². The van der Waals surface area contributed by atoms with E-state index in [1.54, 1.807) is 20.5 Å². The fraction of sp³-hybridized carbons (Fsp3) is 0.400. The van der Waals surface area contributed by atoms with Crippen LogP contribution < -0.4 is 14.8 Å². The molecular formula is C15H20N2O3. The number of aromatic nitrogens is 1. The quantitative estimate of drug-likeness (QED) is 0.879. The number of hydrogen-bond acceptors (Lipinski definition) is 5. The maximum Gasteiger partial charge on any atom is 0.226 e. The van der Waals surface area contributed by atoms with Crippen LogP contribution in [0.4, 0.5) is 0 Å². The Morgan fingerprint density at radius 3 is 2.35 bits per heavy atom. The summed E-state index contributed by atoms with van der Waals surface area (Å²) in [5.74, 6) is 1.97. The number of ether oxygens (including phenoxy) is 2. The molecule has 0 aliphatic rings. The molecule has 0 fully saturated rings. The lowest BCUT2D eigenvalue weighted by Gasteiger charge is -2.06. The Balaban J connectivity index is 2.22. The van der Waals surface area contributed by atoms with E-state index in [4.69, 9.17) is 13.9 Å². The minimum atomic E-state index is 0.409. The van der Waals surface area contributed by atoms with Crippen LogP contribution in [0, 0.1) is 0 Å². The number of rotatable bonds is 6. The lowest BCUT2D eigenvalue weighted by atomic mass is 10.2. The Hall–Kier alpha value is -2.01. The molecule has 0 saturated carbocycles. The van der Waals surface area contributed by atoms with Crippen LogP contribution >= 0.6 is 0 Å². The molecule has 0 bridgehead atoms. The van der Waals surface area contributed by atoms with E-state index in [1.807, 2.05) is 18.2 Å². The van der Waals surface area contributed by atoms with Gasteiger partial charge in [-0.25, -0.2) is 4.98 Å². The predicted octanol–water partition coefficient (Wildman–Crippen LogP) is 2.86. The molecule has 0 spiro atoms. The summed E-state index contributed by atoms with van der Waals surface area (Å²) < 4.78 is 16.0. The average molecular weight is 276 g/mol. The second-order valence-corrected chi connectivity index (χ2v) is 4.78. The molecule has 0 aliphatic carbocycles. The third-order valence-electron chi connectivity index (χ3n) is 2.84. The SMILES string of the molecule is COc1cc(OC)cc(-c2nc(CNC(C)C)co2)c1. The molecule has 0 amide bonds. The van der Waals surface area contributed by atoms with Gasteiger partial charge in [0.2, 0.25) is 5.89 Å². The molecular weight excluding hydrogens is 256 g/mol. The molecule has 0 radical (unpaired) electrons. The van der Waals surface area contributed by atoms with E-state index >= 15 is 0 Å². The van der Waals surface area contributed by atoms with Crippen molar-refractivity contribution in [3.05, 3.63) is 30.2 Å². The lowest BCUT2D eigenvalue weighted by Crippen LogP contribution is -2.21. The molecule has 1 aromatic carbocycles. The number of methoxy groups -OCH3 is 2. The van der Waals surface area contributed by atoms with Gasteiger partial charge in [0.05, 0.1) is 19.9 Å². The van der Waals surface area contributed by atoms with Gasteiger partial charge in [-0.1, -0.05) is 13.8 Å². The fourth-order valence-electron chi connectivity index (χ4n) is 1.76. The minimum Gasteiger partial charge on any atom is -0.497 e. The predicted molar refractivity (Wildman–Crippen MR) is 77.0 cm³/mol. The summed E-state index contributed by atoms with van der Waals surface area (Å²) in [4.78, 5) is 4.46. The highest BCUT2D eigenvalue weighted by Crippen LogP contribution is 2.29. The van der Waals surface area contributed by atoms with E-state index in [1.165, 1.54) is 0 Å². The standard InChI is InChI=1S/C15H20N2O3/c1-10(2)16-8-12-9-20-15(17-12)11-5-13(18-3)7-14(6-11)19-4/h5-7,9-10,16H,8H2,1-4H3. The van der Waals surface area contributed by atoms with Crippen LogP contribution in [0.1, 0.15) is 19.5 Å². The summed E-state index contributed by atoms with van der Waals surface area (Å²) in [6.07, 6.45) is 1.66. The second kappa shape index (κ2) is 6.43. The Morgan fingerprint density at radius 2 is 1.80 bits per heavy atom. The zero-order chi connectivity index (χ0) is 14.5. The Morgan fingerprint density at radius 1 is 1.15 bits per heavy atom. The summed E-state index contributed by atoms with van der Waals surface area (Å²) in [5, 5.41) is 3.30. The van der Waals surface area contributed by atoms with Gasteiger partial charge >= 0.3 is 0 Å². The van der Waals surface area contributed by atoms with Crippen molar-refractivity contribution >= 4 is 0 Å². The van der Waals surface area contributed by atoms with Crippen molar-refractivity contribution in [2.75, 3.05) is 14.2 Å². The van der Waals surface area contributed by atoms with Gasteiger partial charge in [0.15, 0.2) is 0 Å². The van der Waals surface area contributed by atoms with Gasteiger partial charge in [0, 0.05) is 24.2 Å². The number of nitrogens with one attached hydrogen (secondary N) is 1. The van der Waals surface area contributed by atoms with E-state index in [-0.39, 0.29) is 0 Å². The molecule has 1 N–H and O–H groups in total. The highest BCUT2D eigenvalue weighted by atomic mass is 16.5. The molecule has 0 saturated heterocycles. The van der Waals surface area contributed by atoms with E-state index in [9.17, 15) is 0 Å². The van der Waals surface area contributed by atoms with Gasteiger partial charge < -0.3 is 19.2 Å². The first-order valence-corrected chi connectivity index (χ1v) is 6.53. The maximum atomic E-state index is 5.52. The van der Waals surface area contributed by atoms with Gasteiger partial charge in [0.25, 0.3) is 0 Å². The highest BCUT2D eigenvalue weighted by molar-refractivity contribution is 5.59. The summed E-state index contributed by atoms with van der Waals surface area (Å²) in [5.41, 5.74) is 1.70. The molecule has 108 valence electrons. The third-order valence-corrected chi connectivity index (χ3v) is 2.84. The first-order chi connectivity index (χ1) is 9.62. The van der Waals surface area contributed by atoms with Gasteiger partial charge in [-0.05, 0) is 12.1 Å². The Labute approximate surface area is 118 Å². The largest absolute Gasteiger partial charge is 0.497 e. The van der Waals surface area contributed by atoms with Crippen molar-refractivity contribution < 1.29 is 13.9 Å². The van der Waals surface area contributed by atoms with Gasteiger partial charge in [-0.2, -0.15) is 0 Å². The van der Waals surface area contributed by atoms with Crippen LogP contribution in [0.15, 0.2) is 28.9 Å². The Bertz CT molecular complexity index is 542. The normalized spacial score (nSPS) is 10.8. The summed E-state index contributed by atoms with van der Waals surface area (Å²) >= 11 is 0. The topological polar surface area (TPSA) is 56.5 Å². The van der Waals surface area contributed by atoms with Crippen LogP contribution in [0.5, 0.6) is 11.5 Å². The first kappa shape index (κ1) is 14.4. The molecule has 1 aromatic heterocycles. The zero-order valence-electron chi connectivity index (χ0n) is 12.3. The van der Waals surface area contributed by atoms with Crippen molar-refractivity contribution in [2.45, 2.75) is 26.4 Å². The average Bonchev–Trinajstić information content (AvgIpc) is 2.93. The van der Waals surface area contributed by atoms with Crippen molar-refractivity contribution in [3.63, 3.8) is 0 Å². The van der Waals surface area contributed by atoms with E-state index in [0.29, 0.717) is 30.0 Å². The molecule has 1 heterocycles. The molecule has 5 nitrogen and oxygen atoms in total. The molecule has 2 aromatic rings. The van der Waals surface area contributed by atoms with Crippen molar-refractivity contribution in [3.8, 4) is 23.0 Å². The monoisotopic (exact) mass is 276 g/mol. The molecule has 20 heavy (non-hydrogen) atoms. The van der Waals surface area contributed by atoms with Crippen LogP contribution in [-0.4, -0.2) is 25.2 Å². The van der Waals surface area contributed by atoms with Gasteiger partial charge in [-0.3, -0.25) is 0 Å². The Kier molecular flexibility index (Phi) is 4.63. The number of hydrogen-bond donors (Lipinski definition) is 1. The minimum absolute atomic E-state index is 0.409. The summed E-state index contributed by atoms with van der Waals surface area (Å²) in [6.45, 7) is 4.87. The highest BCUT2D eigenvalue weighted by Gasteiger charge is 2.10. The van der Waals surface area contributed by atoms with E-state index in [0.717, 1.165) is 11.3 Å². The van der Waals surface area contributed by atoms with E-state index in [2.05, 4.69) is 24.1 Å². The van der Waals surface area contributed by atoms with Crippen LogP contribution in [0.2, 0.25) is 0 Å². The number of benzene rings is 1. The van der Waals surface area contributed by atoms with Crippen molar-refractivity contribution in [2.24, 2.45) is 0 Å². The molecule has 0 aliphatic heterocycles. The summed E-state index contributed by atoms with van der Waals surface area (Å²) in [6, 6.07) is 5.96. The smallest absolute Gasteiger partial charge is 0.226 e. The van der Waals surface area contributed by atoms with Crippen LogP contribution in [0.25, 0.3) is 11.5 Å². The van der Waals surface area contributed by atoms with Crippen molar-refractivity contribution in [1.82, 2.24) is 10.3 Å². The first-order valence-electron chi connectivity index (χ1n) is 6.53. The molecule has 2 rings (SSSR count). The van der Waals surface area contributed by atoms with Crippen molar-refractivity contribution in [1.29, 1.82) is 0 Å². The van der Waals surface area contributed by atoms with Gasteiger partial charge in [0.1, 0.15) is 17.8 Å².